The van der Waals surface area contributed by atoms with Crippen LogP contribution in [0.15, 0.2) is 30.3 Å². The molecule has 0 aromatic heterocycles. The maximum atomic E-state index is 12.5. The van der Waals surface area contributed by atoms with Crippen LogP contribution in [0.25, 0.3) is 0 Å². The molecule has 0 heterocycles. The lowest BCUT2D eigenvalue weighted by atomic mass is 10.0. The monoisotopic (exact) mass is 342 g/mol. The average molecular weight is 343 g/mol. The molecule has 2 atom stereocenters. The second-order valence-corrected chi connectivity index (χ2v) is 5.43. The van der Waals surface area contributed by atoms with Crippen LogP contribution in [0.1, 0.15) is 31.7 Å². The van der Waals surface area contributed by atoms with Gasteiger partial charge in [0.1, 0.15) is 6.04 Å². The number of halogens is 1. The highest BCUT2D eigenvalue weighted by Crippen LogP contribution is 2.12. The van der Waals surface area contributed by atoms with Crippen molar-refractivity contribution in [3.05, 3.63) is 35.9 Å². The number of unbranched alkanes of at least 4 members (excludes halogenated alkanes) is 1. The molecule has 0 aliphatic rings. The van der Waals surface area contributed by atoms with Crippen LogP contribution in [0.5, 0.6) is 0 Å². The van der Waals surface area contributed by atoms with Crippen LogP contribution in [0.4, 0.5) is 0 Å². The van der Waals surface area contributed by atoms with Gasteiger partial charge in [-0.2, -0.15) is 0 Å². The van der Waals surface area contributed by atoms with E-state index in [1.807, 2.05) is 37.3 Å². The zero-order chi connectivity index (χ0) is 16.5. The lowest BCUT2D eigenvalue weighted by Crippen LogP contribution is -2.50. The Kier molecular flexibility index (Phi) is 10.3. The van der Waals surface area contributed by atoms with Gasteiger partial charge in [0.25, 0.3) is 0 Å². The fourth-order valence-corrected chi connectivity index (χ4v) is 2.37. The molecule has 0 radical (unpaired) electrons. The van der Waals surface area contributed by atoms with Crippen molar-refractivity contribution in [2.45, 2.75) is 44.7 Å². The zero-order valence-electron chi connectivity index (χ0n) is 14.0. The van der Waals surface area contributed by atoms with Crippen LogP contribution in [0.3, 0.4) is 0 Å². The number of amides is 1. The Balaban J connectivity index is 0.00000484. The van der Waals surface area contributed by atoms with E-state index in [-0.39, 0.29) is 18.3 Å². The Morgan fingerprint density at radius 3 is 2.39 bits per heavy atom. The Bertz CT molecular complexity index is 482. The summed E-state index contributed by atoms with van der Waals surface area (Å²) in [5.74, 6) is -0.633. The van der Waals surface area contributed by atoms with Gasteiger partial charge in [-0.05, 0) is 18.4 Å². The smallest absolute Gasteiger partial charge is 0.328 e. The van der Waals surface area contributed by atoms with Gasteiger partial charge in [-0.1, -0.05) is 50.1 Å². The van der Waals surface area contributed by atoms with E-state index < -0.39 is 18.1 Å². The van der Waals surface area contributed by atoms with Crippen molar-refractivity contribution in [2.24, 2.45) is 5.73 Å². The van der Waals surface area contributed by atoms with E-state index in [0.717, 1.165) is 18.4 Å². The molecular weight excluding hydrogens is 316 g/mol. The molecule has 23 heavy (non-hydrogen) atoms. The standard InChI is InChI=1S/C17H26N2O3.ClH/c1-4-5-11-15(17(21)22-3)19(2)16(20)14(18)12-13-9-7-6-8-10-13;/h6-10,14-15H,4-5,11-12,18H2,1-3H3;1H/t14-,15-;/m0./s1. The summed E-state index contributed by atoms with van der Waals surface area (Å²) < 4.78 is 4.81. The van der Waals surface area contributed by atoms with E-state index in [1.54, 1.807) is 7.05 Å². The minimum atomic E-state index is -0.666. The number of hydrogen-bond acceptors (Lipinski definition) is 4. The van der Waals surface area contributed by atoms with Crippen LogP contribution < -0.4 is 5.73 Å². The second-order valence-electron chi connectivity index (χ2n) is 5.43. The number of nitrogens with two attached hydrogens (primary N) is 1. The van der Waals surface area contributed by atoms with Gasteiger partial charge in [-0.3, -0.25) is 4.79 Å². The van der Waals surface area contributed by atoms with Gasteiger partial charge in [0.2, 0.25) is 5.91 Å². The zero-order valence-corrected chi connectivity index (χ0v) is 14.8. The summed E-state index contributed by atoms with van der Waals surface area (Å²) >= 11 is 0. The van der Waals surface area contributed by atoms with Crippen molar-refractivity contribution in [3.8, 4) is 0 Å². The van der Waals surface area contributed by atoms with Crippen LogP contribution in [-0.2, 0) is 20.7 Å². The number of nitrogens with zero attached hydrogens (tertiary/aromatic N) is 1. The molecule has 2 N–H and O–H groups in total. The molecule has 0 saturated carbocycles. The molecule has 0 spiro atoms. The summed E-state index contributed by atoms with van der Waals surface area (Å²) in [5.41, 5.74) is 7.01. The molecule has 0 bridgehead atoms. The first-order chi connectivity index (χ1) is 10.5. The quantitative estimate of drug-likeness (QED) is 0.735. The van der Waals surface area contributed by atoms with Crippen molar-refractivity contribution >= 4 is 24.3 Å². The summed E-state index contributed by atoms with van der Waals surface area (Å²) in [7, 11) is 2.95. The number of carbonyl (C=O) groups excluding carboxylic acids is 2. The molecule has 130 valence electrons. The van der Waals surface area contributed by atoms with Gasteiger partial charge < -0.3 is 15.4 Å². The number of carbonyl (C=O) groups is 2. The Morgan fingerprint density at radius 1 is 1.26 bits per heavy atom. The number of hydrogen-bond donors (Lipinski definition) is 1. The molecule has 0 saturated heterocycles. The molecule has 1 aromatic carbocycles. The lowest BCUT2D eigenvalue weighted by Gasteiger charge is -2.28. The Morgan fingerprint density at radius 2 is 1.87 bits per heavy atom. The minimum absolute atomic E-state index is 0. The van der Waals surface area contributed by atoms with Crippen LogP contribution in [-0.4, -0.2) is 43.0 Å². The fraction of sp³-hybridized carbons (Fsp3) is 0.529. The fourth-order valence-electron chi connectivity index (χ4n) is 2.37. The Labute approximate surface area is 144 Å². The number of ether oxygens (including phenoxy) is 1. The normalized spacial score (nSPS) is 12.7. The van der Waals surface area contributed by atoms with Crippen molar-refractivity contribution in [1.82, 2.24) is 4.90 Å². The van der Waals surface area contributed by atoms with Crippen LogP contribution >= 0.6 is 12.4 Å². The second kappa shape index (κ2) is 11.0. The highest BCUT2D eigenvalue weighted by molar-refractivity contribution is 5.87. The third kappa shape index (κ3) is 6.59. The summed E-state index contributed by atoms with van der Waals surface area (Å²) in [6, 6.07) is 8.37. The first-order valence-electron chi connectivity index (χ1n) is 7.65. The predicted octanol–water partition coefficient (Wildman–Crippen LogP) is 2.17. The van der Waals surface area contributed by atoms with Gasteiger partial charge in [-0.15, -0.1) is 12.4 Å². The molecule has 1 amide bonds. The molecule has 0 aliphatic heterocycles. The summed E-state index contributed by atoms with van der Waals surface area (Å²) in [5, 5.41) is 0. The average Bonchev–Trinajstić information content (AvgIpc) is 2.54. The SMILES string of the molecule is CCCC[C@@H](C(=O)OC)N(C)C(=O)[C@@H](N)Cc1ccccc1.Cl. The molecular formula is C17H27ClN2O3. The third-order valence-electron chi connectivity index (χ3n) is 3.74. The number of esters is 1. The topological polar surface area (TPSA) is 72.6 Å². The summed E-state index contributed by atoms with van der Waals surface area (Å²) in [4.78, 5) is 25.8. The first-order valence-corrected chi connectivity index (χ1v) is 7.65. The molecule has 0 unspecified atom stereocenters. The van der Waals surface area contributed by atoms with Crippen molar-refractivity contribution in [3.63, 3.8) is 0 Å². The minimum Gasteiger partial charge on any atom is -0.467 e. The summed E-state index contributed by atoms with van der Waals surface area (Å²) in [6.07, 6.45) is 2.84. The maximum Gasteiger partial charge on any atom is 0.328 e. The highest BCUT2D eigenvalue weighted by Gasteiger charge is 2.29. The van der Waals surface area contributed by atoms with Crippen molar-refractivity contribution in [2.75, 3.05) is 14.2 Å². The molecule has 5 nitrogen and oxygen atoms in total. The number of likely N-dealkylation sites (N-methyl/N-ethyl adjacent to an activating group) is 1. The molecule has 0 aliphatic carbocycles. The van der Waals surface area contributed by atoms with Gasteiger partial charge in [0.15, 0.2) is 0 Å². The van der Waals surface area contributed by atoms with Crippen molar-refractivity contribution < 1.29 is 14.3 Å². The highest BCUT2D eigenvalue weighted by atomic mass is 35.5. The van der Waals surface area contributed by atoms with E-state index in [2.05, 4.69) is 0 Å². The van der Waals surface area contributed by atoms with E-state index in [4.69, 9.17) is 10.5 Å². The Hall–Kier alpha value is -1.59. The van der Waals surface area contributed by atoms with Crippen LogP contribution in [0, 0.1) is 0 Å². The van der Waals surface area contributed by atoms with E-state index in [0.29, 0.717) is 12.8 Å². The van der Waals surface area contributed by atoms with E-state index in [9.17, 15) is 9.59 Å². The maximum absolute atomic E-state index is 12.5. The summed E-state index contributed by atoms with van der Waals surface area (Å²) in [6.45, 7) is 2.04. The van der Waals surface area contributed by atoms with Crippen LogP contribution in [0.2, 0.25) is 0 Å². The van der Waals surface area contributed by atoms with E-state index in [1.165, 1.54) is 12.0 Å². The molecule has 1 rings (SSSR count). The molecule has 6 heteroatoms. The van der Waals surface area contributed by atoms with Gasteiger partial charge >= 0.3 is 5.97 Å². The van der Waals surface area contributed by atoms with E-state index >= 15 is 0 Å². The van der Waals surface area contributed by atoms with Crippen molar-refractivity contribution in [1.29, 1.82) is 0 Å². The van der Waals surface area contributed by atoms with Gasteiger partial charge in [-0.25, -0.2) is 4.79 Å². The third-order valence-corrected chi connectivity index (χ3v) is 3.74. The lowest BCUT2D eigenvalue weighted by molar-refractivity contribution is -0.152. The number of benzene rings is 1. The predicted molar refractivity (Wildman–Crippen MR) is 93.5 cm³/mol. The van der Waals surface area contributed by atoms with Gasteiger partial charge in [0.05, 0.1) is 13.2 Å². The molecule has 0 fully saturated rings. The molecule has 1 aromatic rings. The van der Waals surface area contributed by atoms with Gasteiger partial charge in [0, 0.05) is 7.05 Å². The largest absolute Gasteiger partial charge is 0.467 e. The number of methoxy groups -OCH3 is 1. The number of rotatable bonds is 8. The first kappa shape index (κ1) is 21.4.